The van der Waals surface area contributed by atoms with Gasteiger partial charge in [-0.25, -0.2) is 0 Å². The Morgan fingerprint density at radius 1 is 0.417 bits per heavy atom. The first-order chi connectivity index (χ1) is 23.5. The first kappa shape index (κ1) is 26.2. The van der Waals surface area contributed by atoms with Crippen LogP contribution in [0.2, 0.25) is 0 Å². The molecule has 1 nitrogen and oxygen atoms in total. The summed E-state index contributed by atoms with van der Waals surface area (Å²) in [5.74, 6) is 0. The molecule has 9 aromatic carbocycles. The van der Waals surface area contributed by atoms with Crippen LogP contribution < -0.4 is 0 Å². The van der Waals surface area contributed by atoms with Gasteiger partial charge in [0.2, 0.25) is 0 Å². The predicted molar refractivity (Wildman–Crippen MR) is 203 cm³/mol. The van der Waals surface area contributed by atoms with Gasteiger partial charge in [-0.15, -0.1) is 0 Å². The summed E-state index contributed by atoms with van der Waals surface area (Å²) in [5.41, 5.74) is 12.2. The number of fused-ring (bicyclic) bond motifs is 8. The molecule has 0 radical (unpaired) electrons. The Morgan fingerprint density at radius 2 is 1.06 bits per heavy atom. The second-order valence-corrected chi connectivity index (χ2v) is 14.1. The van der Waals surface area contributed by atoms with E-state index in [1.165, 1.54) is 87.6 Å². The molecule has 0 bridgehead atoms. The zero-order valence-corrected chi connectivity index (χ0v) is 26.8. The van der Waals surface area contributed by atoms with Crippen molar-refractivity contribution in [3.63, 3.8) is 0 Å². The summed E-state index contributed by atoms with van der Waals surface area (Å²) >= 11 is 0. The fourth-order valence-corrected chi connectivity index (χ4v) is 8.91. The Bertz CT molecular complexity index is 2910. The lowest BCUT2D eigenvalue weighted by molar-refractivity contribution is 0.666. The highest BCUT2D eigenvalue weighted by molar-refractivity contribution is 6.23. The van der Waals surface area contributed by atoms with Crippen LogP contribution >= 0.6 is 0 Å². The summed E-state index contributed by atoms with van der Waals surface area (Å²) in [4.78, 5) is 0. The molecule has 0 saturated carbocycles. The van der Waals surface area contributed by atoms with E-state index in [-0.39, 0.29) is 5.41 Å². The third kappa shape index (κ3) is 3.40. The molecule has 0 amide bonds. The van der Waals surface area contributed by atoms with Gasteiger partial charge in [0.25, 0.3) is 0 Å². The van der Waals surface area contributed by atoms with Crippen LogP contribution in [0.1, 0.15) is 25.0 Å². The number of benzene rings is 9. The Kier molecular flexibility index (Phi) is 4.97. The monoisotopic (exact) mass is 610 g/mol. The van der Waals surface area contributed by atoms with Crippen molar-refractivity contribution in [3.8, 4) is 33.4 Å². The maximum Gasteiger partial charge on any atom is 0.135 e. The van der Waals surface area contributed by atoms with Crippen molar-refractivity contribution in [2.24, 2.45) is 0 Å². The normalized spacial score (nSPS) is 13.8. The number of furan rings is 1. The quantitative estimate of drug-likeness (QED) is 0.178. The summed E-state index contributed by atoms with van der Waals surface area (Å²) in [6, 6.07) is 54.0. The molecule has 1 aliphatic carbocycles. The zero-order chi connectivity index (χ0) is 31.7. The van der Waals surface area contributed by atoms with Crippen LogP contribution in [-0.4, -0.2) is 0 Å². The van der Waals surface area contributed by atoms with Crippen molar-refractivity contribution in [1.82, 2.24) is 0 Å². The number of hydrogen-bond donors (Lipinski definition) is 0. The highest BCUT2D eigenvalue weighted by Crippen LogP contribution is 2.56. The summed E-state index contributed by atoms with van der Waals surface area (Å²) < 4.78 is 6.21. The van der Waals surface area contributed by atoms with Crippen LogP contribution in [0.4, 0.5) is 0 Å². The van der Waals surface area contributed by atoms with E-state index in [9.17, 15) is 0 Å². The molecule has 48 heavy (non-hydrogen) atoms. The molecule has 0 fully saturated rings. The molecule has 0 atom stereocenters. The second-order valence-electron chi connectivity index (χ2n) is 14.1. The van der Waals surface area contributed by atoms with Crippen molar-refractivity contribution >= 4 is 65.0 Å². The summed E-state index contributed by atoms with van der Waals surface area (Å²) in [6.07, 6.45) is 0. The van der Waals surface area contributed by atoms with Gasteiger partial charge in [-0.1, -0.05) is 117 Å². The largest absolute Gasteiger partial charge is 0.456 e. The van der Waals surface area contributed by atoms with Gasteiger partial charge in [-0.05, 0) is 130 Å². The third-order valence-electron chi connectivity index (χ3n) is 11.1. The van der Waals surface area contributed by atoms with Gasteiger partial charge >= 0.3 is 0 Å². The van der Waals surface area contributed by atoms with Gasteiger partial charge in [0.1, 0.15) is 11.2 Å². The zero-order valence-electron chi connectivity index (χ0n) is 26.8. The molecule has 11 rings (SSSR count). The average Bonchev–Trinajstić information content (AvgIpc) is 3.61. The minimum absolute atomic E-state index is 0.182. The average molecular weight is 611 g/mol. The molecule has 0 aliphatic heterocycles. The first-order valence-electron chi connectivity index (χ1n) is 16.8. The van der Waals surface area contributed by atoms with Gasteiger partial charge < -0.3 is 4.42 Å². The van der Waals surface area contributed by atoms with Gasteiger partial charge in [-0.3, -0.25) is 0 Å². The number of para-hydroxylation sites is 1. The Balaban J connectivity index is 1.14. The van der Waals surface area contributed by atoms with E-state index in [1.807, 2.05) is 6.07 Å². The molecular weight excluding hydrogens is 581 g/mol. The fourth-order valence-electron chi connectivity index (χ4n) is 8.91. The molecule has 0 N–H and O–H groups in total. The van der Waals surface area contributed by atoms with Crippen LogP contribution in [-0.2, 0) is 5.41 Å². The lowest BCUT2D eigenvalue weighted by Crippen LogP contribution is -2.15. The Labute approximate surface area is 278 Å². The maximum absolute atomic E-state index is 6.21. The van der Waals surface area contributed by atoms with Crippen LogP contribution in [0, 0.1) is 0 Å². The minimum Gasteiger partial charge on any atom is -0.456 e. The molecule has 10 aromatic rings. The standard InChI is InChI=1S/C47H30O/c1-47(2)40-26-29(34-22-32-16-14-27-9-7-10-28-15-17-33(23-34)44(32)43(27)28)18-20-37(40)45-38(24-30-8-3-4-11-35(30)46(45)47)31-19-21-42-39(25-31)36-12-5-6-13-41(36)48-42/h3-26H,1-2H3. The van der Waals surface area contributed by atoms with Crippen molar-refractivity contribution in [1.29, 1.82) is 0 Å². The molecule has 1 heterocycles. The van der Waals surface area contributed by atoms with E-state index in [0.717, 1.165) is 21.9 Å². The van der Waals surface area contributed by atoms with Crippen LogP contribution in [0.15, 0.2) is 150 Å². The van der Waals surface area contributed by atoms with Crippen molar-refractivity contribution < 1.29 is 4.42 Å². The van der Waals surface area contributed by atoms with Gasteiger partial charge in [-0.2, -0.15) is 0 Å². The molecule has 1 aromatic heterocycles. The molecular formula is C47H30O. The summed E-state index contributed by atoms with van der Waals surface area (Å²) in [7, 11) is 0. The van der Waals surface area contributed by atoms with E-state index in [0.29, 0.717) is 0 Å². The van der Waals surface area contributed by atoms with E-state index in [2.05, 4.69) is 153 Å². The van der Waals surface area contributed by atoms with E-state index in [1.54, 1.807) is 0 Å². The van der Waals surface area contributed by atoms with Gasteiger partial charge in [0, 0.05) is 16.2 Å². The van der Waals surface area contributed by atoms with Gasteiger partial charge in [0.15, 0.2) is 0 Å². The highest BCUT2D eigenvalue weighted by atomic mass is 16.3. The van der Waals surface area contributed by atoms with Crippen LogP contribution in [0.3, 0.4) is 0 Å². The Morgan fingerprint density at radius 3 is 1.88 bits per heavy atom. The van der Waals surface area contributed by atoms with E-state index in [4.69, 9.17) is 4.42 Å². The Hall–Kier alpha value is -5.92. The molecule has 224 valence electrons. The second kappa shape index (κ2) is 9.12. The van der Waals surface area contributed by atoms with Gasteiger partial charge in [0.05, 0.1) is 0 Å². The molecule has 0 unspecified atom stereocenters. The smallest absolute Gasteiger partial charge is 0.135 e. The molecule has 1 heteroatoms. The fraction of sp³-hybridized carbons (Fsp3) is 0.0638. The summed E-state index contributed by atoms with van der Waals surface area (Å²) in [5, 5.41) is 12.9. The molecule has 0 spiro atoms. The number of hydrogen-bond acceptors (Lipinski definition) is 1. The summed E-state index contributed by atoms with van der Waals surface area (Å²) in [6.45, 7) is 4.82. The van der Waals surface area contributed by atoms with Crippen LogP contribution in [0.25, 0.3) is 98.4 Å². The third-order valence-corrected chi connectivity index (χ3v) is 11.1. The predicted octanol–water partition coefficient (Wildman–Crippen LogP) is 13.3. The minimum atomic E-state index is -0.182. The number of rotatable bonds is 2. The first-order valence-corrected chi connectivity index (χ1v) is 16.8. The van der Waals surface area contributed by atoms with Crippen molar-refractivity contribution in [2.75, 3.05) is 0 Å². The van der Waals surface area contributed by atoms with E-state index >= 15 is 0 Å². The molecule has 0 saturated heterocycles. The van der Waals surface area contributed by atoms with Crippen molar-refractivity contribution in [2.45, 2.75) is 19.3 Å². The van der Waals surface area contributed by atoms with Crippen molar-refractivity contribution in [3.05, 3.63) is 157 Å². The lowest BCUT2D eigenvalue weighted by atomic mass is 9.78. The topological polar surface area (TPSA) is 13.1 Å². The van der Waals surface area contributed by atoms with E-state index < -0.39 is 0 Å². The lowest BCUT2D eigenvalue weighted by Gasteiger charge is -2.24. The maximum atomic E-state index is 6.21. The molecule has 1 aliphatic rings. The highest BCUT2D eigenvalue weighted by Gasteiger charge is 2.39. The van der Waals surface area contributed by atoms with Crippen LogP contribution in [0.5, 0.6) is 0 Å². The SMILES string of the molecule is CC1(C)c2cc(-c3cc4ccc5cccc6ccc(c3)c4c56)ccc2-c2c(-c3ccc4oc5ccccc5c4c3)cc3ccccc3c21.